The molecule has 0 atom stereocenters. The molecule has 0 saturated heterocycles. The van der Waals surface area contributed by atoms with Gasteiger partial charge in [0.1, 0.15) is 6.54 Å². The molecule has 0 aliphatic carbocycles. The highest BCUT2D eigenvalue weighted by Gasteiger charge is 2.11. The minimum absolute atomic E-state index is 0.283. The first-order chi connectivity index (χ1) is 10.2. The Hall–Kier alpha value is -2.14. The monoisotopic (exact) mass is 284 g/mol. The van der Waals surface area contributed by atoms with Crippen LogP contribution < -0.4 is 5.32 Å². The summed E-state index contributed by atoms with van der Waals surface area (Å²) in [6, 6.07) is 8.49. The average molecular weight is 284 g/mol. The molecule has 5 heteroatoms. The molecule has 0 fully saturated rings. The number of hydrogen-bond acceptors (Lipinski definition) is 4. The summed E-state index contributed by atoms with van der Waals surface area (Å²) in [4.78, 5) is 4.44. The smallest absolute Gasteiger partial charge is 0.246 e. The molecule has 0 aliphatic heterocycles. The van der Waals surface area contributed by atoms with Gasteiger partial charge in [-0.1, -0.05) is 31.1 Å². The summed E-state index contributed by atoms with van der Waals surface area (Å²) in [6.07, 6.45) is 2.07. The summed E-state index contributed by atoms with van der Waals surface area (Å²) in [5, 5.41) is 8.47. The summed E-state index contributed by atoms with van der Waals surface area (Å²) in [5.74, 6) is 1.69. The van der Waals surface area contributed by atoms with Crippen molar-refractivity contribution in [1.82, 2.24) is 20.0 Å². The molecule has 3 aromatic rings. The first-order valence-corrected chi connectivity index (χ1v) is 7.23. The van der Waals surface area contributed by atoms with Gasteiger partial charge in [-0.05, 0) is 24.7 Å². The van der Waals surface area contributed by atoms with Gasteiger partial charge in [0.05, 0.1) is 0 Å². The summed E-state index contributed by atoms with van der Waals surface area (Å²) in [5.41, 5.74) is 2.48. The Bertz CT molecular complexity index is 742. The van der Waals surface area contributed by atoms with Gasteiger partial charge in [-0.3, -0.25) is 0 Å². The van der Waals surface area contributed by atoms with Crippen molar-refractivity contribution in [1.29, 1.82) is 0 Å². The third-order valence-corrected chi connectivity index (χ3v) is 3.58. The first-order valence-electron chi connectivity index (χ1n) is 7.23. The van der Waals surface area contributed by atoms with Gasteiger partial charge < -0.3 is 14.4 Å². The van der Waals surface area contributed by atoms with E-state index in [1.54, 1.807) is 0 Å². The Balaban J connectivity index is 1.92. The number of nitrogens with zero attached hydrogens (tertiary/aromatic N) is 3. The molecular weight excluding hydrogens is 264 g/mol. The van der Waals surface area contributed by atoms with Gasteiger partial charge in [0, 0.05) is 29.6 Å². The van der Waals surface area contributed by atoms with Crippen molar-refractivity contribution >= 4 is 10.9 Å². The second kappa shape index (κ2) is 5.69. The van der Waals surface area contributed by atoms with Crippen LogP contribution in [0.25, 0.3) is 10.9 Å². The van der Waals surface area contributed by atoms with Crippen LogP contribution in [0.15, 0.2) is 35.0 Å². The summed E-state index contributed by atoms with van der Waals surface area (Å²) >= 11 is 0. The molecule has 1 aromatic carbocycles. The van der Waals surface area contributed by atoms with E-state index >= 15 is 0 Å². The number of aromatic nitrogens is 3. The van der Waals surface area contributed by atoms with Crippen molar-refractivity contribution in [2.75, 3.05) is 7.05 Å². The molecule has 0 amide bonds. The number of nitrogens with one attached hydrogen (secondary N) is 1. The van der Waals surface area contributed by atoms with Crippen molar-refractivity contribution in [3.05, 3.63) is 47.7 Å². The van der Waals surface area contributed by atoms with Gasteiger partial charge in [-0.15, -0.1) is 0 Å². The highest BCUT2D eigenvalue weighted by atomic mass is 16.5. The zero-order valence-electron chi connectivity index (χ0n) is 12.6. The van der Waals surface area contributed by atoms with E-state index in [4.69, 9.17) is 4.52 Å². The topological polar surface area (TPSA) is 55.9 Å². The van der Waals surface area contributed by atoms with E-state index in [0.29, 0.717) is 12.4 Å². The van der Waals surface area contributed by atoms with E-state index < -0.39 is 0 Å². The van der Waals surface area contributed by atoms with Crippen LogP contribution in [0, 0.1) is 0 Å². The van der Waals surface area contributed by atoms with Crippen LogP contribution in [0.2, 0.25) is 0 Å². The zero-order valence-corrected chi connectivity index (χ0v) is 12.6. The Kier molecular flexibility index (Phi) is 3.75. The molecule has 2 aromatic heterocycles. The SMILES string of the molecule is CNCc1cccc2c1ccn2Cc1nc(C(C)C)no1. The lowest BCUT2D eigenvalue weighted by molar-refractivity contribution is 0.366. The Morgan fingerprint density at radius 3 is 2.86 bits per heavy atom. The maximum absolute atomic E-state index is 5.33. The summed E-state index contributed by atoms with van der Waals surface area (Å²) in [7, 11) is 1.96. The van der Waals surface area contributed by atoms with E-state index in [9.17, 15) is 0 Å². The molecule has 0 unspecified atom stereocenters. The lowest BCUT2D eigenvalue weighted by Crippen LogP contribution is -2.05. The first kappa shape index (κ1) is 13.8. The molecule has 2 heterocycles. The van der Waals surface area contributed by atoms with Crippen LogP contribution in [0.3, 0.4) is 0 Å². The molecule has 0 spiro atoms. The Labute approximate surface area is 124 Å². The van der Waals surface area contributed by atoms with Gasteiger partial charge in [0.25, 0.3) is 0 Å². The van der Waals surface area contributed by atoms with Crippen molar-refractivity contribution < 1.29 is 4.52 Å². The third kappa shape index (κ3) is 2.69. The van der Waals surface area contributed by atoms with E-state index in [0.717, 1.165) is 12.4 Å². The molecule has 0 aliphatic rings. The fourth-order valence-corrected chi connectivity index (χ4v) is 2.48. The summed E-state index contributed by atoms with van der Waals surface area (Å²) < 4.78 is 7.48. The fourth-order valence-electron chi connectivity index (χ4n) is 2.48. The highest BCUT2D eigenvalue weighted by Crippen LogP contribution is 2.21. The predicted molar refractivity (Wildman–Crippen MR) is 82.2 cm³/mol. The fraction of sp³-hybridized carbons (Fsp3) is 0.375. The van der Waals surface area contributed by atoms with Crippen molar-refractivity contribution in [3.8, 4) is 0 Å². The van der Waals surface area contributed by atoms with Crippen molar-refractivity contribution in [3.63, 3.8) is 0 Å². The number of fused-ring (bicyclic) bond motifs is 1. The van der Waals surface area contributed by atoms with Gasteiger partial charge >= 0.3 is 0 Å². The minimum atomic E-state index is 0.283. The zero-order chi connectivity index (χ0) is 14.8. The highest BCUT2D eigenvalue weighted by molar-refractivity contribution is 5.83. The normalized spacial score (nSPS) is 11.6. The molecular formula is C16H20N4O. The molecule has 5 nitrogen and oxygen atoms in total. The van der Waals surface area contributed by atoms with Crippen LogP contribution in [0.1, 0.15) is 37.0 Å². The molecule has 0 radical (unpaired) electrons. The van der Waals surface area contributed by atoms with Crippen LogP contribution in [-0.2, 0) is 13.1 Å². The Morgan fingerprint density at radius 1 is 1.29 bits per heavy atom. The standard InChI is InChI=1S/C16H20N4O/c1-11(2)16-18-15(21-19-16)10-20-8-7-13-12(9-17-3)5-4-6-14(13)20/h4-8,11,17H,9-10H2,1-3H3. The minimum Gasteiger partial charge on any atom is -0.338 e. The second-order valence-corrected chi connectivity index (χ2v) is 5.52. The Morgan fingerprint density at radius 2 is 2.14 bits per heavy atom. The number of rotatable bonds is 5. The molecule has 110 valence electrons. The molecule has 3 rings (SSSR count). The van der Waals surface area contributed by atoms with Crippen molar-refractivity contribution in [2.24, 2.45) is 0 Å². The summed E-state index contributed by atoms with van der Waals surface area (Å²) in [6.45, 7) is 5.58. The predicted octanol–water partition coefficient (Wildman–Crippen LogP) is 2.92. The maximum atomic E-state index is 5.33. The molecule has 21 heavy (non-hydrogen) atoms. The lowest BCUT2D eigenvalue weighted by Gasteiger charge is -2.05. The van der Waals surface area contributed by atoms with Gasteiger partial charge in [-0.2, -0.15) is 4.98 Å². The lowest BCUT2D eigenvalue weighted by atomic mass is 10.1. The van der Waals surface area contributed by atoms with Gasteiger partial charge in [0.2, 0.25) is 5.89 Å². The van der Waals surface area contributed by atoms with Crippen LogP contribution >= 0.6 is 0 Å². The van der Waals surface area contributed by atoms with Crippen LogP contribution in [-0.4, -0.2) is 21.8 Å². The molecule has 1 N–H and O–H groups in total. The van der Waals surface area contributed by atoms with Crippen LogP contribution in [0.5, 0.6) is 0 Å². The van der Waals surface area contributed by atoms with E-state index in [-0.39, 0.29) is 5.92 Å². The van der Waals surface area contributed by atoms with E-state index in [2.05, 4.69) is 64.3 Å². The molecule has 0 bridgehead atoms. The number of benzene rings is 1. The third-order valence-electron chi connectivity index (χ3n) is 3.58. The van der Waals surface area contributed by atoms with E-state index in [1.165, 1.54) is 16.5 Å². The van der Waals surface area contributed by atoms with E-state index in [1.807, 2.05) is 7.05 Å². The average Bonchev–Trinajstić information content (AvgIpc) is 3.08. The quantitative estimate of drug-likeness (QED) is 0.782. The van der Waals surface area contributed by atoms with Crippen LogP contribution in [0.4, 0.5) is 0 Å². The maximum Gasteiger partial charge on any atom is 0.246 e. The largest absolute Gasteiger partial charge is 0.338 e. The molecule has 0 saturated carbocycles. The van der Waals surface area contributed by atoms with Gasteiger partial charge in [0.15, 0.2) is 5.82 Å². The second-order valence-electron chi connectivity index (χ2n) is 5.52. The number of hydrogen-bond donors (Lipinski definition) is 1. The van der Waals surface area contributed by atoms with Crippen molar-refractivity contribution in [2.45, 2.75) is 32.9 Å². The van der Waals surface area contributed by atoms with Gasteiger partial charge in [-0.25, -0.2) is 0 Å².